The summed E-state index contributed by atoms with van der Waals surface area (Å²) in [6.07, 6.45) is -2.80. The van der Waals surface area contributed by atoms with E-state index in [9.17, 15) is 9.90 Å². The van der Waals surface area contributed by atoms with E-state index in [-0.39, 0.29) is 0 Å². The zero-order chi connectivity index (χ0) is 12.3. The summed E-state index contributed by atoms with van der Waals surface area (Å²) in [4.78, 5) is 10.7. The number of ether oxygens (including phenoxy) is 1. The molecule has 1 amide bonds. The molecule has 0 aromatic heterocycles. The number of rotatable bonds is 3. The van der Waals surface area contributed by atoms with Gasteiger partial charge in [-0.1, -0.05) is 29.3 Å². The van der Waals surface area contributed by atoms with Gasteiger partial charge >= 0.3 is 6.09 Å². The van der Waals surface area contributed by atoms with Crippen molar-refractivity contribution in [2.45, 2.75) is 19.1 Å². The van der Waals surface area contributed by atoms with Crippen LogP contribution < -0.4 is 5.73 Å². The van der Waals surface area contributed by atoms with Crippen molar-refractivity contribution in [3.05, 3.63) is 33.8 Å². The summed E-state index contributed by atoms with van der Waals surface area (Å²) in [6.45, 7) is 1.47. The van der Waals surface area contributed by atoms with Crippen molar-refractivity contribution >= 4 is 29.3 Å². The predicted octanol–water partition coefficient (Wildman–Crippen LogP) is 2.51. The van der Waals surface area contributed by atoms with Crippen molar-refractivity contribution in [2.24, 2.45) is 5.73 Å². The van der Waals surface area contributed by atoms with Gasteiger partial charge in [-0.15, -0.1) is 0 Å². The molecule has 88 valence electrons. The van der Waals surface area contributed by atoms with Crippen molar-refractivity contribution in [1.29, 1.82) is 0 Å². The summed E-state index contributed by atoms with van der Waals surface area (Å²) in [5.41, 5.74) is 5.37. The molecule has 0 aliphatic carbocycles. The molecule has 0 spiro atoms. The van der Waals surface area contributed by atoms with E-state index >= 15 is 0 Å². The van der Waals surface area contributed by atoms with Gasteiger partial charge in [0.25, 0.3) is 0 Å². The van der Waals surface area contributed by atoms with Crippen LogP contribution in [0.25, 0.3) is 0 Å². The molecule has 0 aliphatic heterocycles. The molecule has 16 heavy (non-hydrogen) atoms. The summed E-state index contributed by atoms with van der Waals surface area (Å²) in [5, 5.41) is 10.2. The molecule has 0 saturated heterocycles. The van der Waals surface area contributed by atoms with E-state index in [1.807, 2.05) is 0 Å². The number of primary amides is 1. The van der Waals surface area contributed by atoms with Gasteiger partial charge in [0.05, 0.1) is 6.10 Å². The number of nitrogens with two attached hydrogens (primary N) is 1. The van der Waals surface area contributed by atoms with Crippen molar-refractivity contribution in [3.63, 3.8) is 0 Å². The Morgan fingerprint density at radius 3 is 2.56 bits per heavy atom. The van der Waals surface area contributed by atoms with Crippen LogP contribution in [0.2, 0.25) is 10.0 Å². The molecule has 2 atom stereocenters. The molecule has 0 aliphatic rings. The van der Waals surface area contributed by atoms with E-state index in [0.29, 0.717) is 15.6 Å². The van der Waals surface area contributed by atoms with E-state index in [0.717, 1.165) is 0 Å². The Hall–Kier alpha value is -0.970. The summed E-state index contributed by atoms with van der Waals surface area (Å²) >= 11 is 11.7. The lowest BCUT2D eigenvalue weighted by Crippen LogP contribution is -2.25. The SMILES string of the molecule is C[C@H](O)[C@@H](OC(N)=O)c1ccc(Cl)cc1Cl. The van der Waals surface area contributed by atoms with Crippen molar-refractivity contribution in [1.82, 2.24) is 0 Å². The van der Waals surface area contributed by atoms with Crippen molar-refractivity contribution < 1.29 is 14.6 Å². The Bertz CT molecular complexity index is 396. The van der Waals surface area contributed by atoms with Crippen LogP contribution in [0.5, 0.6) is 0 Å². The Balaban J connectivity index is 3.05. The highest BCUT2D eigenvalue weighted by Crippen LogP contribution is 2.30. The molecule has 0 fully saturated rings. The number of aliphatic hydroxyl groups excluding tert-OH is 1. The average molecular weight is 264 g/mol. The van der Waals surface area contributed by atoms with Gasteiger partial charge in [0, 0.05) is 15.6 Å². The maximum Gasteiger partial charge on any atom is 0.405 e. The minimum Gasteiger partial charge on any atom is -0.439 e. The number of carbonyl (C=O) groups excluding carboxylic acids is 1. The number of hydrogen-bond donors (Lipinski definition) is 2. The summed E-state index contributed by atoms with van der Waals surface area (Å²) < 4.78 is 4.78. The van der Waals surface area contributed by atoms with Crippen LogP contribution in [0.4, 0.5) is 4.79 Å². The first-order chi connectivity index (χ1) is 7.41. The standard InChI is InChI=1S/C10H11Cl2NO3/c1-5(14)9(16-10(13)15)7-3-2-6(11)4-8(7)12/h2-5,9,14H,1H3,(H2,13,15)/t5-,9+/m0/s1. The molecule has 0 unspecified atom stereocenters. The number of aliphatic hydroxyl groups is 1. The fourth-order valence-corrected chi connectivity index (χ4v) is 1.80. The third-order valence-electron chi connectivity index (χ3n) is 1.95. The lowest BCUT2D eigenvalue weighted by atomic mass is 10.1. The molecule has 0 saturated carbocycles. The Labute approximate surface area is 103 Å². The van der Waals surface area contributed by atoms with Gasteiger partial charge < -0.3 is 15.6 Å². The van der Waals surface area contributed by atoms with Gasteiger partial charge in [0.2, 0.25) is 0 Å². The molecule has 0 radical (unpaired) electrons. The van der Waals surface area contributed by atoms with Crippen LogP contribution >= 0.6 is 23.2 Å². The molecule has 1 aromatic rings. The first kappa shape index (κ1) is 13.1. The van der Waals surface area contributed by atoms with Crippen molar-refractivity contribution in [3.8, 4) is 0 Å². The van der Waals surface area contributed by atoms with Gasteiger partial charge in [0.1, 0.15) is 0 Å². The fourth-order valence-electron chi connectivity index (χ4n) is 1.28. The van der Waals surface area contributed by atoms with Crippen LogP contribution in [0.15, 0.2) is 18.2 Å². The normalized spacial score (nSPS) is 14.2. The quantitative estimate of drug-likeness (QED) is 0.880. The van der Waals surface area contributed by atoms with Gasteiger partial charge in [-0.3, -0.25) is 0 Å². The number of carbonyl (C=O) groups is 1. The first-order valence-electron chi connectivity index (χ1n) is 4.51. The topological polar surface area (TPSA) is 72.6 Å². The van der Waals surface area contributed by atoms with Crippen LogP contribution in [0.3, 0.4) is 0 Å². The molecule has 1 rings (SSSR count). The largest absolute Gasteiger partial charge is 0.439 e. The second-order valence-electron chi connectivity index (χ2n) is 3.26. The third-order valence-corrected chi connectivity index (χ3v) is 2.51. The molecule has 6 heteroatoms. The van der Waals surface area contributed by atoms with E-state index in [1.165, 1.54) is 13.0 Å². The van der Waals surface area contributed by atoms with E-state index in [2.05, 4.69) is 0 Å². The first-order valence-corrected chi connectivity index (χ1v) is 5.26. The Morgan fingerprint density at radius 2 is 2.12 bits per heavy atom. The zero-order valence-corrected chi connectivity index (χ0v) is 10.00. The van der Waals surface area contributed by atoms with Crippen LogP contribution in [-0.2, 0) is 4.74 Å². The highest BCUT2D eigenvalue weighted by molar-refractivity contribution is 6.35. The van der Waals surface area contributed by atoms with Gasteiger partial charge in [-0.2, -0.15) is 0 Å². The number of benzene rings is 1. The maximum absolute atomic E-state index is 10.7. The predicted molar refractivity (Wildman–Crippen MR) is 61.6 cm³/mol. The molecular weight excluding hydrogens is 253 g/mol. The minimum atomic E-state index is -0.975. The zero-order valence-electron chi connectivity index (χ0n) is 8.48. The van der Waals surface area contributed by atoms with Crippen LogP contribution in [-0.4, -0.2) is 17.3 Å². The van der Waals surface area contributed by atoms with E-state index < -0.39 is 18.3 Å². The van der Waals surface area contributed by atoms with Crippen LogP contribution in [0, 0.1) is 0 Å². The summed E-state index contributed by atoms with van der Waals surface area (Å²) in [7, 11) is 0. The second-order valence-corrected chi connectivity index (χ2v) is 4.11. The summed E-state index contributed by atoms with van der Waals surface area (Å²) in [5.74, 6) is 0. The van der Waals surface area contributed by atoms with Gasteiger partial charge in [0.15, 0.2) is 6.10 Å². The smallest absolute Gasteiger partial charge is 0.405 e. The Kier molecular flexibility index (Phi) is 4.41. The van der Waals surface area contributed by atoms with Crippen LogP contribution in [0.1, 0.15) is 18.6 Å². The minimum absolute atomic E-state index is 0.305. The molecular formula is C10H11Cl2NO3. The second kappa shape index (κ2) is 5.39. The molecule has 0 heterocycles. The van der Waals surface area contributed by atoms with E-state index in [1.54, 1.807) is 12.1 Å². The Morgan fingerprint density at radius 1 is 1.50 bits per heavy atom. The van der Waals surface area contributed by atoms with E-state index in [4.69, 9.17) is 33.7 Å². The maximum atomic E-state index is 10.7. The molecule has 0 bridgehead atoms. The lowest BCUT2D eigenvalue weighted by Gasteiger charge is -2.20. The number of halogens is 2. The van der Waals surface area contributed by atoms with Crippen molar-refractivity contribution in [2.75, 3.05) is 0 Å². The third kappa shape index (κ3) is 3.27. The summed E-state index contributed by atoms with van der Waals surface area (Å²) in [6, 6.07) is 4.66. The van der Waals surface area contributed by atoms with Gasteiger partial charge in [-0.25, -0.2) is 4.79 Å². The fraction of sp³-hybridized carbons (Fsp3) is 0.300. The number of hydrogen-bond acceptors (Lipinski definition) is 3. The average Bonchev–Trinajstić information content (AvgIpc) is 2.14. The highest BCUT2D eigenvalue weighted by atomic mass is 35.5. The monoisotopic (exact) mass is 263 g/mol. The van der Waals surface area contributed by atoms with Gasteiger partial charge in [-0.05, 0) is 19.1 Å². The molecule has 4 nitrogen and oxygen atoms in total. The molecule has 1 aromatic carbocycles. The lowest BCUT2D eigenvalue weighted by molar-refractivity contribution is 0.0148. The molecule has 3 N–H and O–H groups in total. The highest BCUT2D eigenvalue weighted by Gasteiger charge is 2.23. The number of amides is 1.